The van der Waals surface area contributed by atoms with Gasteiger partial charge in [-0.25, -0.2) is 0 Å². The lowest BCUT2D eigenvalue weighted by Crippen LogP contribution is -2.23. The second kappa shape index (κ2) is 6.76. The zero-order valence-electron chi connectivity index (χ0n) is 14.1. The van der Waals surface area contributed by atoms with Gasteiger partial charge in [-0.15, -0.1) is 0 Å². The van der Waals surface area contributed by atoms with Gasteiger partial charge in [-0.2, -0.15) is 5.10 Å². The molecule has 1 fully saturated rings. The molecule has 1 aliphatic carbocycles. The van der Waals surface area contributed by atoms with Crippen molar-refractivity contribution < 1.29 is 9.21 Å². The summed E-state index contributed by atoms with van der Waals surface area (Å²) in [4.78, 5) is 12.0. The predicted molar refractivity (Wildman–Crippen MR) is 93.9 cm³/mol. The summed E-state index contributed by atoms with van der Waals surface area (Å²) in [7, 11) is 0. The molecule has 128 valence electrons. The Morgan fingerprint density at radius 3 is 3.00 bits per heavy atom. The number of carbonyl (C=O) groups excluding carboxylic acids is 1. The molecule has 2 aromatic rings. The molecule has 0 saturated heterocycles. The molecule has 1 amide bonds. The third-order valence-electron chi connectivity index (χ3n) is 4.24. The number of furan rings is 1. The third kappa shape index (κ3) is 3.67. The van der Waals surface area contributed by atoms with E-state index < -0.39 is 0 Å². The zero-order valence-corrected chi connectivity index (χ0v) is 14.9. The standard InChI is InChI=1S/C17H22N4O2S/c1-10(2)21-15(19-20-17(21)24)9-18-16(22)7-5-12-4-6-14(23-12)13-8-11(13)3/h4-7,10-11,13H,8-9H2,1-3H3,(H,18,22)(H,20,24). The first-order valence-corrected chi connectivity index (χ1v) is 8.58. The maximum atomic E-state index is 12.0. The molecule has 0 aliphatic heterocycles. The van der Waals surface area contributed by atoms with Gasteiger partial charge in [0, 0.05) is 18.0 Å². The van der Waals surface area contributed by atoms with E-state index >= 15 is 0 Å². The first-order chi connectivity index (χ1) is 11.5. The lowest BCUT2D eigenvalue weighted by atomic mass is 10.3. The molecule has 0 spiro atoms. The van der Waals surface area contributed by atoms with Gasteiger partial charge in [-0.1, -0.05) is 6.92 Å². The second-order valence-electron chi connectivity index (χ2n) is 6.52. The smallest absolute Gasteiger partial charge is 0.244 e. The highest BCUT2D eigenvalue weighted by Crippen LogP contribution is 2.47. The third-order valence-corrected chi connectivity index (χ3v) is 4.52. The van der Waals surface area contributed by atoms with E-state index in [1.165, 1.54) is 12.5 Å². The van der Waals surface area contributed by atoms with Crippen LogP contribution >= 0.6 is 12.2 Å². The number of carbonyl (C=O) groups is 1. The molecule has 1 aliphatic rings. The molecule has 0 radical (unpaired) electrons. The van der Waals surface area contributed by atoms with E-state index in [1.807, 2.05) is 30.5 Å². The number of hydrogen-bond acceptors (Lipinski definition) is 4. The van der Waals surface area contributed by atoms with E-state index in [1.54, 1.807) is 6.08 Å². The maximum absolute atomic E-state index is 12.0. The summed E-state index contributed by atoms with van der Waals surface area (Å²) in [6.07, 6.45) is 4.34. The fourth-order valence-electron chi connectivity index (χ4n) is 2.75. The highest BCUT2D eigenvalue weighted by Gasteiger charge is 2.36. The number of amides is 1. The van der Waals surface area contributed by atoms with E-state index in [9.17, 15) is 4.79 Å². The average molecular weight is 346 g/mol. The normalized spacial score (nSPS) is 20.0. The van der Waals surface area contributed by atoms with Crippen LogP contribution in [0.25, 0.3) is 6.08 Å². The number of nitrogens with one attached hydrogen (secondary N) is 2. The van der Waals surface area contributed by atoms with Crippen molar-refractivity contribution in [2.45, 2.75) is 45.7 Å². The molecule has 0 aromatic carbocycles. The molecular formula is C17H22N4O2S. The predicted octanol–water partition coefficient (Wildman–Crippen LogP) is 3.57. The molecule has 0 bridgehead atoms. The first-order valence-electron chi connectivity index (χ1n) is 8.17. The monoisotopic (exact) mass is 346 g/mol. The van der Waals surface area contributed by atoms with Crippen LogP contribution in [0.1, 0.15) is 56.5 Å². The molecule has 2 heterocycles. The van der Waals surface area contributed by atoms with Gasteiger partial charge < -0.3 is 14.3 Å². The molecular weight excluding hydrogens is 324 g/mol. The van der Waals surface area contributed by atoms with Gasteiger partial charge in [0.05, 0.1) is 6.54 Å². The zero-order chi connectivity index (χ0) is 17.3. The van der Waals surface area contributed by atoms with Crippen molar-refractivity contribution in [3.05, 3.63) is 40.3 Å². The Morgan fingerprint density at radius 2 is 2.33 bits per heavy atom. The number of H-pyrrole nitrogens is 1. The van der Waals surface area contributed by atoms with Gasteiger partial charge in [0.15, 0.2) is 10.6 Å². The van der Waals surface area contributed by atoms with Gasteiger partial charge >= 0.3 is 0 Å². The van der Waals surface area contributed by atoms with Crippen LogP contribution in [0.5, 0.6) is 0 Å². The van der Waals surface area contributed by atoms with Crippen LogP contribution in [0.4, 0.5) is 0 Å². The Balaban J connectivity index is 1.56. The van der Waals surface area contributed by atoms with Crippen molar-refractivity contribution in [1.29, 1.82) is 0 Å². The van der Waals surface area contributed by atoms with Crippen LogP contribution in [0.3, 0.4) is 0 Å². The molecule has 2 unspecified atom stereocenters. The van der Waals surface area contributed by atoms with Crippen molar-refractivity contribution in [2.24, 2.45) is 5.92 Å². The summed E-state index contributed by atoms with van der Waals surface area (Å²) < 4.78 is 8.18. The van der Waals surface area contributed by atoms with Crippen LogP contribution in [0, 0.1) is 10.7 Å². The summed E-state index contributed by atoms with van der Waals surface area (Å²) in [6.45, 7) is 6.57. The molecule has 1 saturated carbocycles. The summed E-state index contributed by atoms with van der Waals surface area (Å²) in [5.74, 6) is 3.46. The molecule has 2 N–H and O–H groups in total. The Kier molecular flexibility index (Phi) is 4.71. The van der Waals surface area contributed by atoms with Gasteiger partial charge in [0.1, 0.15) is 11.5 Å². The van der Waals surface area contributed by atoms with Crippen LogP contribution in [0.15, 0.2) is 22.6 Å². The van der Waals surface area contributed by atoms with Crippen LogP contribution in [-0.2, 0) is 11.3 Å². The molecule has 24 heavy (non-hydrogen) atoms. The van der Waals surface area contributed by atoms with Crippen molar-refractivity contribution in [3.63, 3.8) is 0 Å². The van der Waals surface area contributed by atoms with Gasteiger partial charge in [0.25, 0.3) is 0 Å². The lowest BCUT2D eigenvalue weighted by molar-refractivity contribution is -0.116. The minimum absolute atomic E-state index is 0.185. The molecule has 3 rings (SSSR count). The van der Waals surface area contributed by atoms with Crippen molar-refractivity contribution >= 4 is 24.2 Å². The Bertz CT molecular complexity index is 815. The highest BCUT2D eigenvalue weighted by molar-refractivity contribution is 7.71. The summed E-state index contributed by atoms with van der Waals surface area (Å²) >= 11 is 5.19. The van der Waals surface area contributed by atoms with Crippen molar-refractivity contribution in [3.8, 4) is 0 Å². The van der Waals surface area contributed by atoms with Crippen LogP contribution in [-0.4, -0.2) is 20.7 Å². The average Bonchev–Trinajstić information content (AvgIpc) is 2.96. The number of aromatic nitrogens is 3. The number of rotatable bonds is 6. The Hall–Kier alpha value is -2.15. The largest absolute Gasteiger partial charge is 0.461 e. The van der Waals surface area contributed by atoms with Gasteiger partial charge in [-0.05, 0) is 56.6 Å². The summed E-state index contributed by atoms with van der Waals surface area (Å²) in [5, 5.41) is 9.72. The van der Waals surface area contributed by atoms with Gasteiger partial charge in [-0.3, -0.25) is 9.89 Å². The quantitative estimate of drug-likeness (QED) is 0.619. The minimum Gasteiger partial charge on any atom is -0.461 e. The molecule has 2 atom stereocenters. The van der Waals surface area contributed by atoms with Crippen LogP contribution < -0.4 is 5.32 Å². The number of nitrogens with zero attached hydrogens (tertiary/aromatic N) is 2. The van der Waals surface area contributed by atoms with Crippen molar-refractivity contribution in [1.82, 2.24) is 20.1 Å². The van der Waals surface area contributed by atoms with E-state index in [2.05, 4.69) is 22.4 Å². The highest BCUT2D eigenvalue weighted by atomic mass is 32.1. The Labute approximate surface area is 145 Å². The molecule has 2 aromatic heterocycles. The van der Waals surface area contributed by atoms with Gasteiger partial charge in [0.2, 0.25) is 5.91 Å². The van der Waals surface area contributed by atoms with E-state index in [0.717, 1.165) is 5.76 Å². The summed E-state index contributed by atoms with van der Waals surface area (Å²) in [5.41, 5.74) is 0. The lowest BCUT2D eigenvalue weighted by Gasteiger charge is -2.10. The van der Waals surface area contributed by atoms with E-state index in [4.69, 9.17) is 16.6 Å². The van der Waals surface area contributed by atoms with E-state index in [0.29, 0.717) is 34.7 Å². The first kappa shape index (κ1) is 16.7. The van der Waals surface area contributed by atoms with E-state index in [-0.39, 0.29) is 11.9 Å². The van der Waals surface area contributed by atoms with Crippen LogP contribution in [0.2, 0.25) is 0 Å². The molecule has 6 nitrogen and oxygen atoms in total. The number of aromatic amines is 1. The summed E-state index contributed by atoms with van der Waals surface area (Å²) in [6, 6.07) is 4.07. The van der Waals surface area contributed by atoms with Crippen molar-refractivity contribution in [2.75, 3.05) is 0 Å². The number of hydrogen-bond donors (Lipinski definition) is 2. The fourth-order valence-corrected chi connectivity index (χ4v) is 3.12. The fraction of sp³-hybridized carbons (Fsp3) is 0.471. The second-order valence-corrected chi connectivity index (χ2v) is 6.91. The SMILES string of the molecule is CC1CC1c1ccc(C=CC(=O)NCc2n[nH]c(=S)n2C(C)C)o1. The minimum atomic E-state index is -0.197. The maximum Gasteiger partial charge on any atom is 0.244 e. The Morgan fingerprint density at radius 1 is 1.58 bits per heavy atom. The molecule has 7 heteroatoms. The topological polar surface area (TPSA) is 75.8 Å².